The number of aromatic hydroxyl groups is 1. The maximum Gasteiger partial charge on any atom is 0.202 e. The molecule has 5 rings (SSSR count). The third kappa shape index (κ3) is 4.34. The van der Waals surface area contributed by atoms with Crippen molar-refractivity contribution in [2.45, 2.75) is 43.3 Å². The molecule has 3 aliphatic rings. The van der Waals surface area contributed by atoms with Crippen LogP contribution in [0.5, 0.6) is 5.75 Å². The molecule has 0 amide bonds. The van der Waals surface area contributed by atoms with Crippen LogP contribution < -0.4 is 0 Å². The maximum absolute atomic E-state index is 14.3. The van der Waals surface area contributed by atoms with E-state index in [-0.39, 0.29) is 29.4 Å². The molecule has 10 nitrogen and oxygen atoms in total. The van der Waals surface area contributed by atoms with E-state index in [1.54, 1.807) is 13.0 Å². The van der Waals surface area contributed by atoms with Crippen molar-refractivity contribution < 1.29 is 44.1 Å². The average Bonchev–Trinajstić information content (AvgIpc) is 2.94. The number of nitrogens with zero attached hydrogens (tertiary/aromatic N) is 1. The van der Waals surface area contributed by atoms with Gasteiger partial charge in [0.2, 0.25) is 5.78 Å². The quantitative estimate of drug-likeness (QED) is 0.298. The van der Waals surface area contributed by atoms with Gasteiger partial charge >= 0.3 is 0 Å². The van der Waals surface area contributed by atoms with Gasteiger partial charge in [0, 0.05) is 39.7 Å². The standard InChI is InChI=1S/C31H33NO9S/c1-4-32(3)25-24-27(36)22-18(14-42(41)13-16-9-6-5-7-10-16)17-11-8-12-19(34)21(17)26(35)23(22)30(39)31(24,40)29(38)20(15(2)33)28(25)37/h5-12,18,22,24-25,27,34-36,38,40H,4,13-14H2,1-3H3/t18?,22?,24?,25-,27?,31+,42?/m0/s1. The molecule has 5 unspecified atom stereocenters. The number of benzene rings is 2. The fourth-order valence-electron chi connectivity index (χ4n) is 6.83. The van der Waals surface area contributed by atoms with Gasteiger partial charge in [0.25, 0.3) is 0 Å². The summed E-state index contributed by atoms with van der Waals surface area (Å²) in [5.74, 6) is -8.90. The summed E-state index contributed by atoms with van der Waals surface area (Å²) < 4.78 is 13.5. The number of carbonyl (C=O) groups excluding carboxylic acids is 3. The average molecular weight is 596 g/mol. The van der Waals surface area contributed by atoms with Crippen molar-refractivity contribution in [2.24, 2.45) is 11.8 Å². The van der Waals surface area contributed by atoms with Gasteiger partial charge in [-0.25, -0.2) is 0 Å². The second-order valence-electron chi connectivity index (χ2n) is 11.1. The zero-order valence-electron chi connectivity index (χ0n) is 23.4. The number of phenolic OH excluding ortho intramolecular Hbond substituents is 1. The third-order valence-electron chi connectivity index (χ3n) is 8.86. The van der Waals surface area contributed by atoms with Crippen LogP contribution in [0.3, 0.4) is 0 Å². The molecule has 11 heteroatoms. The van der Waals surface area contributed by atoms with Crippen molar-refractivity contribution >= 4 is 33.9 Å². The van der Waals surface area contributed by atoms with Crippen molar-refractivity contribution in [3.8, 4) is 5.75 Å². The first-order valence-corrected chi connectivity index (χ1v) is 15.1. The Hall–Kier alpha value is -3.64. The van der Waals surface area contributed by atoms with E-state index in [0.717, 1.165) is 12.5 Å². The molecule has 1 saturated carbocycles. The second-order valence-corrected chi connectivity index (χ2v) is 12.6. The van der Waals surface area contributed by atoms with E-state index in [0.29, 0.717) is 5.56 Å². The molecule has 0 aliphatic heterocycles. The van der Waals surface area contributed by atoms with Crippen molar-refractivity contribution in [2.75, 3.05) is 19.3 Å². The molecule has 0 spiro atoms. The van der Waals surface area contributed by atoms with Crippen LogP contribution >= 0.6 is 0 Å². The molecule has 7 atom stereocenters. The van der Waals surface area contributed by atoms with E-state index < -0.39 is 86.3 Å². The summed E-state index contributed by atoms with van der Waals surface area (Å²) in [6.45, 7) is 2.96. The van der Waals surface area contributed by atoms with Gasteiger partial charge in [0.15, 0.2) is 17.2 Å². The molecule has 0 aromatic heterocycles. The Morgan fingerprint density at radius 1 is 1.05 bits per heavy atom. The fraction of sp³-hybridized carbons (Fsp3) is 0.387. The minimum absolute atomic E-state index is 0.0922. The number of Topliss-reactive ketones (excluding diaryl/α,β-unsaturated/α-hetero) is 3. The third-order valence-corrected chi connectivity index (χ3v) is 10.2. The smallest absolute Gasteiger partial charge is 0.202 e. The number of rotatable bonds is 7. The van der Waals surface area contributed by atoms with E-state index in [4.69, 9.17) is 0 Å². The minimum Gasteiger partial charge on any atom is -0.508 e. The Balaban J connectivity index is 1.72. The topological polar surface area (TPSA) is 173 Å². The zero-order valence-corrected chi connectivity index (χ0v) is 24.2. The van der Waals surface area contributed by atoms with Crippen LogP contribution in [0.15, 0.2) is 65.4 Å². The lowest BCUT2D eigenvalue weighted by atomic mass is 9.54. The molecule has 5 N–H and O–H groups in total. The summed E-state index contributed by atoms with van der Waals surface area (Å²) in [6, 6.07) is 12.1. The molecular formula is C31H33NO9S. The van der Waals surface area contributed by atoms with E-state index in [2.05, 4.69) is 0 Å². The number of aliphatic hydroxyl groups excluding tert-OH is 3. The van der Waals surface area contributed by atoms with Gasteiger partial charge in [0.1, 0.15) is 22.8 Å². The SMILES string of the molecule is CCN(C)[C@@H]1C(=O)C(C(C)=O)=C(O)[C@@]2(O)C(=O)C3=C(O)c4c(O)cccc4C(CS(=O)Cc4ccccc4)C3C(O)C12. The van der Waals surface area contributed by atoms with Crippen LogP contribution in [0.1, 0.15) is 36.5 Å². The highest BCUT2D eigenvalue weighted by Gasteiger charge is 2.68. The monoisotopic (exact) mass is 595 g/mol. The summed E-state index contributed by atoms with van der Waals surface area (Å²) in [5, 5.41) is 57.3. The second kappa shape index (κ2) is 10.9. The van der Waals surface area contributed by atoms with Crippen LogP contribution in [0, 0.1) is 11.8 Å². The molecule has 0 heterocycles. The highest BCUT2D eigenvalue weighted by Crippen LogP contribution is 2.56. The minimum atomic E-state index is -2.93. The molecule has 1 fully saturated rings. The number of carbonyl (C=O) groups is 3. The first kappa shape index (κ1) is 29.8. The van der Waals surface area contributed by atoms with Crippen molar-refractivity contribution in [3.63, 3.8) is 0 Å². The van der Waals surface area contributed by atoms with Crippen molar-refractivity contribution in [3.05, 3.63) is 82.1 Å². The largest absolute Gasteiger partial charge is 0.508 e. The number of phenols is 1. The molecule has 0 radical (unpaired) electrons. The number of hydrogen-bond acceptors (Lipinski definition) is 10. The molecule has 0 saturated heterocycles. The lowest BCUT2D eigenvalue weighted by Crippen LogP contribution is -2.70. The molecule has 222 valence electrons. The summed E-state index contributed by atoms with van der Waals surface area (Å²) in [6.07, 6.45) is -1.72. The normalized spacial score (nSPS) is 29.7. The summed E-state index contributed by atoms with van der Waals surface area (Å²) >= 11 is 0. The van der Waals surface area contributed by atoms with Crippen molar-refractivity contribution in [1.82, 2.24) is 4.90 Å². The molecular weight excluding hydrogens is 562 g/mol. The van der Waals surface area contributed by atoms with Gasteiger partial charge in [-0.05, 0) is 37.7 Å². The van der Waals surface area contributed by atoms with E-state index in [1.807, 2.05) is 30.3 Å². The first-order chi connectivity index (χ1) is 19.9. The van der Waals surface area contributed by atoms with Crippen LogP contribution in [0.4, 0.5) is 0 Å². The van der Waals surface area contributed by atoms with Crippen LogP contribution in [-0.4, -0.2) is 89.1 Å². The van der Waals surface area contributed by atoms with Gasteiger partial charge in [0.05, 0.1) is 23.6 Å². The van der Waals surface area contributed by atoms with Gasteiger partial charge in [-0.2, -0.15) is 0 Å². The van der Waals surface area contributed by atoms with Crippen molar-refractivity contribution in [1.29, 1.82) is 0 Å². The van der Waals surface area contributed by atoms with Gasteiger partial charge < -0.3 is 25.5 Å². The molecule has 2 aromatic carbocycles. The Bertz CT molecular complexity index is 1570. The summed E-state index contributed by atoms with van der Waals surface area (Å²) in [5.41, 5.74) is -3.14. The lowest BCUT2D eigenvalue weighted by Gasteiger charge is -2.54. The molecule has 42 heavy (non-hydrogen) atoms. The number of hydrogen-bond donors (Lipinski definition) is 5. The van der Waals surface area contributed by atoms with E-state index in [9.17, 15) is 44.1 Å². The number of fused-ring (bicyclic) bond motifs is 3. The number of aliphatic hydroxyl groups is 4. The van der Waals surface area contributed by atoms with Gasteiger partial charge in [-0.3, -0.25) is 23.5 Å². The lowest BCUT2D eigenvalue weighted by molar-refractivity contribution is -0.170. The fourth-order valence-corrected chi connectivity index (χ4v) is 8.30. The van der Waals surface area contributed by atoms with Gasteiger partial charge in [-0.15, -0.1) is 0 Å². The highest BCUT2D eigenvalue weighted by atomic mass is 32.2. The Morgan fingerprint density at radius 2 is 1.71 bits per heavy atom. The predicted octanol–water partition coefficient (Wildman–Crippen LogP) is 1.92. The highest BCUT2D eigenvalue weighted by molar-refractivity contribution is 7.84. The number of likely N-dealkylation sites (N-methyl/N-ethyl adjacent to an activating group) is 1. The predicted molar refractivity (Wildman–Crippen MR) is 154 cm³/mol. The Labute approximate surface area is 245 Å². The molecule has 2 aromatic rings. The van der Waals surface area contributed by atoms with Gasteiger partial charge in [-0.1, -0.05) is 49.4 Å². The maximum atomic E-state index is 14.3. The summed E-state index contributed by atoms with van der Waals surface area (Å²) in [7, 11) is -0.0202. The Morgan fingerprint density at radius 3 is 2.33 bits per heavy atom. The first-order valence-electron chi connectivity index (χ1n) is 13.6. The van der Waals surface area contributed by atoms with Crippen LogP contribution in [0.2, 0.25) is 0 Å². The zero-order chi connectivity index (χ0) is 30.7. The summed E-state index contributed by atoms with van der Waals surface area (Å²) in [4.78, 5) is 41.9. The molecule has 0 bridgehead atoms. The van der Waals surface area contributed by atoms with E-state index in [1.165, 1.54) is 24.1 Å². The van der Waals surface area contributed by atoms with E-state index >= 15 is 0 Å². The Kier molecular flexibility index (Phi) is 7.73. The van der Waals surface area contributed by atoms with Crippen LogP contribution in [0.25, 0.3) is 5.76 Å². The molecule has 3 aliphatic carbocycles. The van der Waals surface area contributed by atoms with Crippen LogP contribution in [-0.2, 0) is 30.9 Å². The number of ketones is 3.